The molecule has 20 heavy (non-hydrogen) atoms. The van der Waals surface area contributed by atoms with E-state index in [4.69, 9.17) is 0 Å². The van der Waals surface area contributed by atoms with Gasteiger partial charge in [-0.15, -0.1) is 0 Å². The lowest BCUT2D eigenvalue weighted by molar-refractivity contribution is -0.140. The number of hydrogen-bond acceptors (Lipinski definition) is 2. The largest absolute Gasteiger partial charge is 0.345 e. The molecule has 0 aliphatic heterocycles. The summed E-state index contributed by atoms with van der Waals surface area (Å²) >= 11 is 0. The molecule has 0 heterocycles. The van der Waals surface area contributed by atoms with Gasteiger partial charge in [-0.05, 0) is 49.9 Å². The number of rotatable bonds is 4. The minimum atomic E-state index is -0.000148. The molecule has 1 amide bonds. The molecule has 3 rings (SSSR count). The summed E-state index contributed by atoms with van der Waals surface area (Å²) in [7, 11) is 1.95. The van der Waals surface area contributed by atoms with Crippen LogP contribution in [0.2, 0.25) is 0 Å². The maximum absolute atomic E-state index is 12.7. The Morgan fingerprint density at radius 1 is 1.10 bits per heavy atom. The normalized spacial score (nSPS) is 37.0. The van der Waals surface area contributed by atoms with Gasteiger partial charge in [0.25, 0.3) is 0 Å². The van der Waals surface area contributed by atoms with E-state index in [1.165, 1.54) is 32.1 Å². The Balaban J connectivity index is 1.61. The molecule has 0 aromatic rings. The SMILES string of the molecule is CN(CC1CCCCC1)C(=O)C1C2CCC(C2)C1C=O. The Labute approximate surface area is 122 Å². The summed E-state index contributed by atoms with van der Waals surface area (Å²) in [6.07, 6.45) is 11.0. The molecular weight excluding hydrogens is 250 g/mol. The fourth-order valence-corrected chi connectivity index (χ4v) is 5.00. The molecule has 3 heteroatoms. The first-order chi connectivity index (χ1) is 9.70. The van der Waals surface area contributed by atoms with Gasteiger partial charge >= 0.3 is 0 Å². The predicted molar refractivity (Wildman–Crippen MR) is 78.1 cm³/mol. The van der Waals surface area contributed by atoms with Crippen LogP contribution < -0.4 is 0 Å². The highest BCUT2D eigenvalue weighted by atomic mass is 16.2. The van der Waals surface area contributed by atoms with Crippen molar-refractivity contribution in [2.24, 2.45) is 29.6 Å². The molecule has 0 aromatic carbocycles. The molecule has 3 fully saturated rings. The maximum Gasteiger partial charge on any atom is 0.226 e. The third-order valence-corrected chi connectivity index (χ3v) is 6.06. The first-order valence-electron chi connectivity index (χ1n) is 8.41. The highest BCUT2D eigenvalue weighted by molar-refractivity contribution is 5.83. The Hall–Kier alpha value is -0.860. The molecule has 0 N–H and O–H groups in total. The first-order valence-corrected chi connectivity index (χ1v) is 8.41. The number of hydrogen-bond donors (Lipinski definition) is 0. The minimum absolute atomic E-state index is 0.000148. The molecule has 3 nitrogen and oxygen atoms in total. The third-order valence-electron chi connectivity index (χ3n) is 6.06. The number of aldehydes is 1. The van der Waals surface area contributed by atoms with Crippen molar-refractivity contribution in [2.45, 2.75) is 51.4 Å². The Bertz CT molecular complexity index is 375. The van der Waals surface area contributed by atoms with Crippen LogP contribution in [0.4, 0.5) is 0 Å². The van der Waals surface area contributed by atoms with Gasteiger partial charge in [0.1, 0.15) is 6.29 Å². The highest BCUT2D eigenvalue weighted by Crippen LogP contribution is 2.52. The van der Waals surface area contributed by atoms with Crippen LogP contribution in [-0.4, -0.2) is 30.7 Å². The molecular formula is C17H27NO2. The van der Waals surface area contributed by atoms with Crippen molar-refractivity contribution >= 4 is 12.2 Å². The van der Waals surface area contributed by atoms with Crippen molar-refractivity contribution in [1.82, 2.24) is 4.90 Å². The van der Waals surface area contributed by atoms with Gasteiger partial charge in [0.2, 0.25) is 5.91 Å². The van der Waals surface area contributed by atoms with Crippen molar-refractivity contribution in [3.63, 3.8) is 0 Å². The summed E-state index contributed by atoms with van der Waals surface area (Å²) in [6.45, 7) is 0.901. The van der Waals surface area contributed by atoms with Crippen LogP contribution in [0, 0.1) is 29.6 Å². The van der Waals surface area contributed by atoms with Gasteiger partial charge in [0.15, 0.2) is 0 Å². The van der Waals surface area contributed by atoms with E-state index in [1.54, 1.807) is 0 Å². The fraction of sp³-hybridized carbons (Fsp3) is 0.882. The highest BCUT2D eigenvalue weighted by Gasteiger charge is 2.51. The van der Waals surface area contributed by atoms with E-state index in [2.05, 4.69) is 0 Å². The molecule has 0 aromatic heterocycles. The number of nitrogens with zero attached hydrogens (tertiary/aromatic N) is 1. The standard InChI is InChI=1S/C17H27NO2/c1-18(10-12-5-3-2-4-6-12)17(20)16-14-8-7-13(9-14)15(16)11-19/h11-16H,2-10H2,1H3. The van der Waals surface area contributed by atoms with E-state index >= 15 is 0 Å². The number of carbonyl (C=O) groups is 2. The number of amides is 1. The number of fused-ring (bicyclic) bond motifs is 2. The van der Waals surface area contributed by atoms with Crippen LogP contribution in [0.5, 0.6) is 0 Å². The predicted octanol–water partition coefficient (Wildman–Crippen LogP) is 2.89. The van der Waals surface area contributed by atoms with Crippen molar-refractivity contribution < 1.29 is 9.59 Å². The summed E-state index contributed by atoms with van der Waals surface area (Å²) in [5, 5.41) is 0. The van der Waals surface area contributed by atoms with Crippen LogP contribution in [-0.2, 0) is 9.59 Å². The van der Waals surface area contributed by atoms with Crippen LogP contribution in [0.1, 0.15) is 51.4 Å². The molecule has 4 atom stereocenters. The molecule has 112 valence electrons. The lowest BCUT2D eigenvalue weighted by Crippen LogP contribution is -2.42. The summed E-state index contributed by atoms with van der Waals surface area (Å²) in [6, 6.07) is 0. The second kappa shape index (κ2) is 5.87. The van der Waals surface area contributed by atoms with Crippen molar-refractivity contribution in [2.75, 3.05) is 13.6 Å². The Morgan fingerprint density at radius 3 is 2.50 bits per heavy atom. The van der Waals surface area contributed by atoms with Gasteiger partial charge in [-0.25, -0.2) is 0 Å². The minimum Gasteiger partial charge on any atom is -0.345 e. The van der Waals surface area contributed by atoms with E-state index < -0.39 is 0 Å². The van der Waals surface area contributed by atoms with Crippen molar-refractivity contribution in [3.05, 3.63) is 0 Å². The zero-order chi connectivity index (χ0) is 14.1. The van der Waals surface area contributed by atoms with Crippen LogP contribution >= 0.6 is 0 Å². The Morgan fingerprint density at radius 2 is 1.80 bits per heavy atom. The van der Waals surface area contributed by atoms with E-state index in [0.717, 1.165) is 32.1 Å². The van der Waals surface area contributed by atoms with Crippen LogP contribution in [0.25, 0.3) is 0 Å². The van der Waals surface area contributed by atoms with Gasteiger partial charge < -0.3 is 9.69 Å². The number of carbonyl (C=O) groups excluding carboxylic acids is 2. The fourth-order valence-electron chi connectivity index (χ4n) is 5.00. The average Bonchev–Trinajstić information content (AvgIpc) is 3.07. The van der Waals surface area contributed by atoms with Gasteiger partial charge in [0.05, 0.1) is 5.92 Å². The van der Waals surface area contributed by atoms with Gasteiger partial charge in [-0.1, -0.05) is 19.3 Å². The molecule has 0 saturated heterocycles. The zero-order valence-electron chi connectivity index (χ0n) is 12.6. The van der Waals surface area contributed by atoms with E-state index in [-0.39, 0.29) is 17.7 Å². The molecule has 4 unspecified atom stereocenters. The van der Waals surface area contributed by atoms with Gasteiger partial charge in [0, 0.05) is 19.5 Å². The lowest BCUT2D eigenvalue weighted by atomic mass is 9.79. The molecule has 3 saturated carbocycles. The smallest absolute Gasteiger partial charge is 0.226 e. The molecule has 3 aliphatic carbocycles. The van der Waals surface area contributed by atoms with Crippen LogP contribution in [0.15, 0.2) is 0 Å². The maximum atomic E-state index is 12.7. The van der Waals surface area contributed by atoms with Crippen molar-refractivity contribution in [1.29, 1.82) is 0 Å². The summed E-state index contributed by atoms with van der Waals surface area (Å²) in [5.41, 5.74) is 0. The molecule has 2 bridgehead atoms. The van der Waals surface area contributed by atoms with E-state index in [1.807, 2.05) is 11.9 Å². The second-order valence-corrected chi connectivity index (χ2v) is 7.30. The van der Waals surface area contributed by atoms with Crippen LogP contribution in [0.3, 0.4) is 0 Å². The molecule has 0 radical (unpaired) electrons. The first kappa shape index (κ1) is 14.1. The zero-order valence-corrected chi connectivity index (χ0v) is 12.6. The van der Waals surface area contributed by atoms with E-state index in [0.29, 0.717) is 17.8 Å². The topological polar surface area (TPSA) is 37.4 Å². The lowest BCUT2D eigenvalue weighted by Gasteiger charge is -2.33. The van der Waals surface area contributed by atoms with E-state index in [9.17, 15) is 9.59 Å². The quantitative estimate of drug-likeness (QED) is 0.741. The average molecular weight is 277 g/mol. The summed E-state index contributed by atoms with van der Waals surface area (Å²) in [5.74, 6) is 1.92. The van der Waals surface area contributed by atoms with Gasteiger partial charge in [-0.3, -0.25) is 4.79 Å². The second-order valence-electron chi connectivity index (χ2n) is 7.30. The molecule has 0 spiro atoms. The van der Waals surface area contributed by atoms with Crippen molar-refractivity contribution in [3.8, 4) is 0 Å². The summed E-state index contributed by atoms with van der Waals surface area (Å²) in [4.78, 5) is 26.0. The third kappa shape index (κ3) is 2.51. The monoisotopic (exact) mass is 277 g/mol. The van der Waals surface area contributed by atoms with Gasteiger partial charge in [-0.2, -0.15) is 0 Å². The molecule has 3 aliphatic rings. The summed E-state index contributed by atoms with van der Waals surface area (Å²) < 4.78 is 0. The Kier molecular flexibility index (Phi) is 4.13.